The van der Waals surface area contributed by atoms with E-state index in [0.717, 1.165) is 114 Å². The largest absolute Gasteiger partial charge is 0.337 e. The van der Waals surface area contributed by atoms with Gasteiger partial charge in [-0.3, -0.25) is 9.59 Å². The Bertz CT molecular complexity index is 5680. The molecule has 0 amide bonds. The van der Waals surface area contributed by atoms with Crippen LogP contribution in [0.4, 0.5) is 0 Å². The van der Waals surface area contributed by atoms with Gasteiger partial charge in [0.15, 0.2) is 11.6 Å². The summed E-state index contributed by atoms with van der Waals surface area (Å²) in [6, 6.07) is 25.0. The normalized spacial score (nSPS) is 14.3. The van der Waals surface area contributed by atoms with Gasteiger partial charge in [0, 0.05) is 67.0 Å². The third kappa shape index (κ3) is 15.8. The fourth-order valence-corrected chi connectivity index (χ4v) is 23.1. The molecule has 1 unspecified atom stereocenters. The third-order valence-electron chi connectivity index (χ3n) is 21.6. The summed E-state index contributed by atoms with van der Waals surface area (Å²) < 4.78 is 23.4. The van der Waals surface area contributed by atoms with Crippen molar-refractivity contribution >= 4 is 210 Å². The van der Waals surface area contributed by atoms with Crippen LogP contribution in [0.5, 0.6) is 0 Å². The molecular weight excluding hydrogens is 1520 g/mol. The number of hydrogen-bond donors (Lipinski definition) is 0. The fraction of sp³-hybridized carbons (Fsp3) is 0.371. The molecule has 2 aliphatic rings. The van der Waals surface area contributed by atoms with Gasteiger partial charge in [0.2, 0.25) is 0 Å². The average Bonchev–Trinajstić information content (AvgIpc) is 1.51. The lowest BCUT2D eigenvalue weighted by Gasteiger charge is -2.17. The maximum atomic E-state index is 14.4. The van der Waals surface area contributed by atoms with Crippen molar-refractivity contribution in [3.05, 3.63) is 182 Å². The van der Waals surface area contributed by atoms with E-state index in [0.29, 0.717) is 34.7 Å². The number of unbranched alkanes of at least 4 members (excludes halogenated alkanes) is 17. The number of thiophene rings is 4. The number of nitrogens with zero attached hydrogens (tertiary/aromatic N) is 8. The monoisotopic (exact) mass is 1600 g/mol. The van der Waals surface area contributed by atoms with Gasteiger partial charge in [-0.2, -0.15) is 29.8 Å². The number of nitriles is 4. The Balaban J connectivity index is 1.02. The van der Waals surface area contributed by atoms with Gasteiger partial charge in [-0.25, -0.2) is 0 Å². The molecule has 0 spiro atoms. The fourth-order valence-electron chi connectivity index (χ4n) is 16.0. The number of aryl methyl sites for hydroxylation is 3. The molecule has 108 heavy (non-hydrogen) atoms. The highest BCUT2D eigenvalue weighted by Gasteiger charge is 2.37. The minimum Gasteiger partial charge on any atom is -0.337 e. The summed E-state index contributed by atoms with van der Waals surface area (Å²) in [4.78, 5) is 31.0. The van der Waals surface area contributed by atoms with Crippen molar-refractivity contribution in [2.24, 2.45) is 5.92 Å². The van der Waals surface area contributed by atoms with Gasteiger partial charge in [-0.15, -0.1) is 45.3 Å². The smallest absolute Gasteiger partial charge is 0.194 e. The second-order valence-electron chi connectivity index (χ2n) is 28.6. The van der Waals surface area contributed by atoms with Crippen molar-refractivity contribution < 1.29 is 9.59 Å². The summed E-state index contributed by atoms with van der Waals surface area (Å²) in [5.41, 5.74) is 12.5. The second-order valence-corrected chi connectivity index (χ2v) is 34.9. The predicted octanol–water partition coefficient (Wildman–Crippen LogP) is 28.9. The quantitative estimate of drug-likeness (QED) is 0.0164. The lowest BCUT2D eigenvalue weighted by molar-refractivity contribution is 0.103. The summed E-state index contributed by atoms with van der Waals surface area (Å²) in [6.07, 6.45) is 46.0. The number of Topliss-reactive ketones (excluding diaryl/α,β-unsaturated/α-hetero) is 2. The van der Waals surface area contributed by atoms with Gasteiger partial charge in [0.1, 0.15) is 46.5 Å². The Morgan fingerprint density at radius 3 is 1.35 bits per heavy atom. The predicted molar refractivity (Wildman–Crippen MR) is 461 cm³/mol. The van der Waals surface area contributed by atoms with Crippen LogP contribution >= 0.6 is 103 Å². The molecule has 11 aromatic rings. The van der Waals surface area contributed by atoms with E-state index in [1.165, 1.54) is 182 Å². The van der Waals surface area contributed by atoms with E-state index in [2.05, 4.69) is 91.5 Å². The van der Waals surface area contributed by atoms with Crippen molar-refractivity contribution in [1.82, 2.24) is 17.9 Å². The van der Waals surface area contributed by atoms with Crippen molar-refractivity contribution in [2.45, 2.75) is 208 Å². The molecule has 13 rings (SSSR count). The van der Waals surface area contributed by atoms with Gasteiger partial charge < -0.3 is 9.13 Å². The third-order valence-corrected chi connectivity index (χ3v) is 28.8. The van der Waals surface area contributed by atoms with Crippen LogP contribution < -0.4 is 0 Å². The molecule has 10 nitrogen and oxygen atoms in total. The summed E-state index contributed by atoms with van der Waals surface area (Å²) in [5, 5.41) is 44.3. The Kier molecular flexibility index (Phi) is 26.4. The molecule has 7 heterocycles. The van der Waals surface area contributed by atoms with Crippen LogP contribution in [0.15, 0.2) is 113 Å². The Hall–Kier alpha value is -7.74. The minimum atomic E-state index is -0.325. The Morgan fingerprint density at radius 1 is 0.481 bits per heavy atom. The van der Waals surface area contributed by atoms with E-state index in [-0.39, 0.29) is 65.1 Å². The highest BCUT2D eigenvalue weighted by Crippen LogP contribution is 2.56. The molecular formula is C89H86Cl4N8O2S5. The molecule has 0 radical (unpaired) electrons. The molecule has 552 valence electrons. The van der Waals surface area contributed by atoms with E-state index in [1.54, 1.807) is 35.6 Å². The van der Waals surface area contributed by atoms with Gasteiger partial charge in [-0.1, -0.05) is 269 Å². The van der Waals surface area contributed by atoms with Crippen molar-refractivity contribution in [2.75, 3.05) is 0 Å². The second kappa shape index (κ2) is 36.4. The first-order valence-electron chi connectivity index (χ1n) is 38.5. The highest BCUT2D eigenvalue weighted by atomic mass is 35.5. The standard InChI is InChI=1S/C89H86Cl4N8O2S5/c1-5-9-12-14-16-18-20-22-27-37-58-70(41-31-39-60-72(56(50-94)51-95)62-46-66(90)68(92)48-64(62)82(60)102)104-88-80-86(106-84(58)88)74-76-77(99-108-98-76)75-79(78(74)100(80)44-30-29-36-55-34-25-24-26-35-55)101(45-43-54(8-4)33-11-7-3)81-87(75)107-85-59(38-28-23-21-19-17-15-13-10-6-2)71(105-89(81)85)42-32-40-61-73(57(52-96)53-97)63-47-67(91)69(93)49-65(63)83(61)103/h24-26,29-32,34-35,39-42,46-49,54H,5-23,27-28,33,36-38,43-45H2,1-4H3/b30-29+,41-31+,42-32+,60-39-,61-40-. The average molecular weight is 1600 g/mol. The zero-order chi connectivity index (χ0) is 75.5. The number of hydrogen-bond acceptors (Lipinski definition) is 13. The summed E-state index contributed by atoms with van der Waals surface area (Å²) in [5.74, 6) is -0.135. The number of aromatic nitrogens is 4. The molecule has 0 saturated heterocycles. The first-order valence-corrected chi connectivity index (χ1v) is 44.0. The van der Waals surface area contributed by atoms with E-state index in [4.69, 9.17) is 55.2 Å². The van der Waals surface area contributed by atoms with E-state index < -0.39 is 0 Å². The van der Waals surface area contributed by atoms with Crippen LogP contribution in [0.25, 0.3) is 95.4 Å². The van der Waals surface area contributed by atoms with Crippen LogP contribution in [-0.4, -0.2) is 29.4 Å². The van der Waals surface area contributed by atoms with Crippen LogP contribution in [0.1, 0.15) is 234 Å². The van der Waals surface area contributed by atoms with Gasteiger partial charge in [0.05, 0.1) is 82.1 Å². The van der Waals surface area contributed by atoms with Crippen LogP contribution in [-0.2, 0) is 32.4 Å². The van der Waals surface area contributed by atoms with E-state index in [1.807, 2.05) is 70.4 Å². The van der Waals surface area contributed by atoms with Crippen molar-refractivity contribution in [1.29, 1.82) is 21.0 Å². The lowest BCUT2D eigenvalue weighted by Crippen LogP contribution is -2.07. The molecule has 0 fully saturated rings. The van der Waals surface area contributed by atoms with Crippen molar-refractivity contribution in [3.63, 3.8) is 0 Å². The summed E-state index contributed by atoms with van der Waals surface area (Å²) in [6.45, 7) is 10.5. The molecule has 2 aliphatic carbocycles. The first kappa shape index (κ1) is 78.4. The molecule has 19 heteroatoms. The number of fused-ring (bicyclic) bond motifs is 16. The molecule has 0 aliphatic heterocycles. The molecule has 0 bridgehead atoms. The van der Waals surface area contributed by atoms with Crippen LogP contribution in [0, 0.1) is 51.2 Å². The highest BCUT2D eigenvalue weighted by molar-refractivity contribution is 7.34. The number of ketones is 2. The molecule has 4 aromatic carbocycles. The van der Waals surface area contributed by atoms with Crippen LogP contribution in [0.3, 0.4) is 0 Å². The maximum absolute atomic E-state index is 14.4. The van der Waals surface area contributed by atoms with Crippen LogP contribution in [0.2, 0.25) is 20.1 Å². The zero-order valence-corrected chi connectivity index (χ0v) is 68.7. The molecule has 1 atom stereocenters. The topological polar surface area (TPSA) is 165 Å². The molecule has 7 aromatic heterocycles. The summed E-state index contributed by atoms with van der Waals surface area (Å²) in [7, 11) is 0. The number of carbonyl (C=O) groups is 2. The van der Waals surface area contributed by atoms with E-state index in [9.17, 15) is 30.6 Å². The number of allylic oxidation sites excluding steroid dienone is 12. The number of halogens is 4. The molecule has 0 N–H and O–H groups in total. The first-order chi connectivity index (χ1) is 52.8. The Morgan fingerprint density at radius 2 is 0.907 bits per heavy atom. The maximum Gasteiger partial charge on any atom is 0.194 e. The number of carbonyl (C=O) groups excluding carboxylic acids is 2. The molecule has 0 saturated carbocycles. The zero-order valence-electron chi connectivity index (χ0n) is 61.6. The van der Waals surface area contributed by atoms with Gasteiger partial charge >= 0.3 is 0 Å². The number of benzene rings is 4. The van der Waals surface area contributed by atoms with E-state index >= 15 is 0 Å². The van der Waals surface area contributed by atoms with Gasteiger partial charge in [-0.05, 0) is 109 Å². The minimum absolute atomic E-state index is 0.169. The lowest BCUT2D eigenvalue weighted by atomic mass is 9.96. The Labute approximate surface area is 673 Å². The number of rotatable bonds is 35. The summed E-state index contributed by atoms with van der Waals surface area (Å²) >= 11 is 34.7. The van der Waals surface area contributed by atoms with Gasteiger partial charge in [0.25, 0.3) is 0 Å². The SMILES string of the molecule is CCCCCCCCCCCc1c(/C=C/C=C2\C(=O)c3cc(Cl)c(Cl)cc3C2=C(C#N)C#N)sc2c1sc1c3c4nsnc4c4c5sc6c(CCCCCCCCCCC)c(/C=C/C=C7\C(=O)c8cc(Cl)c(Cl)cc8C7=C(C#N)C#N)sc6c5n(CCC(CC)CCCC)c4c3n(C/C=C/Cc3ccccc3)c21. The van der Waals surface area contributed by atoms with Crippen molar-refractivity contribution in [3.8, 4) is 24.3 Å².